The van der Waals surface area contributed by atoms with Crippen molar-refractivity contribution in [1.82, 2.24) is 10.3 Å². The number of carbonyl (C=O) groups excluding carboxylic acids is 1. The van der Waals surface area contributed by atoms with E-state index < -0.39 is 0 Å². The number of aliphatic hydroxyl groups is 1. The Morgan fingerprint density at radius 3 is 2.56 bits per heavy atom. The molecule has 3 rings (SSSR count). The zero-order chi connectivity index (χ0) is 18.0. The van der Waals surface area contributed by atoms with Gasteiger partial charge in [-0.25, -0.2) is 4.98 Å². The first-order valence-electron chi connectivity index (χ1n) is 8.54. The van der Waals surface area contributed by atoms with Gasteiger partial charge in [0.05, 0.1) is 19.3 Å². The van der Waals surface area contributed by atoms with Gasteiger partial charge in [0, 0.05) is 17.8 Å². The average molecular weight is 340 g/mol. The highest BCUT2D eigenvalue weighted by atomic mass is 16.5. The Labute approximate surface area is 148 Å². The molecule has 0 bridgehead atoms. The van der Waals surface area contributed by atoms with E-state index in [2.05, 4.69) is 10.3 Å². The summed E-state index contributed by atoms with van der Waals surface area (Å²) in [5.41, 5.74) is 3.83. The summed E-state index contributed by atoms with van der Waals surface area (Å²) in [6.07, 6.45) is 2.82. The molecular formula is C20H24N2O3. The molecule has 1 amide bonds. The lowest BCUT2D eigenvalue weighted by Crippen LogP contribution is -2.41. The van der Waals surface area contributed by atoms with E-state index in [1.165, 1.54) is 0 Å². The van der Waals surface area contributed by atoms with Gasteiger partial charge in [-0.2, -0.15) is 0 Å². The predicted octanol–water partition coefficient (Wildman–Crippen LogP) is 2.95. The molecule has 132 valence electrons. The number of aliphatic hydroxyl groups excluding tert-OH is 1. The number of methoxy groups -OCH3 is 1. The summed E-state index contributed by atoms with van der Waals surface area (Å²) >= 11 is 0. The second-order valence-corrected chi connectivity index (χ2v) is 6.77. The number of aryl methyl sites for hydroxylation is 2. The standard InChI is InChI=1S/C20H24N2O3/c1-12-4-5-14(8-13(12)2)20(24)22-19(16-9-17(23)10-16)15-6-7-18(25-3)21-11-15/h4-8,11,16-17,19,23H,9-10H2,1-3H3,(H,22,24)/t16?,17?,19-/m1/s1. The Morgan fingerprint density at radius 1 is 1.24 bits per heavy atom. The number of hydrogen-bond donors (Lipinski definition) is 2. The zero-order valence-corrected chi connectivity index (χ0v) is 14.8. The van der Waals surface area contributed by atoms with E-state index in [4.69, 9.17) is 4.74 Å². The molecule has 5 heteroatoms. The molecule has 1 saturated carbocycles. The van der Waals surface area contributed by atoms with Gasteiger partial charge >= 0.3 is 0 Å². The average Bonchev–Trinajstić information content (AvgIpc) is 2.59. The predicted molar refractivity (Wildman–Crippen MR) is 95.6 cm³/mol. The zero-order valence-electron chi connectivity index (χ0n) is 14.8. The monoisotopic (exact) mass is 340 g/mol. The van der Waals surface area contributed by atoms with Crippen molar-refractivity contribution in [2.45, 2.75) is 38.8 Å². The molecule has 5 nitrogen and oxygen atoms in total. The van der Waals surface area contributed by atoms with Crippen LogP contribution in [0.3, 0.4) is 0 Å². The number of nitrogens with one attached hydrogen (secondary N) is 1. The Kier molecular flexibility index (Phi) is 5.04. The number of rotatable bonds is 5. The lowest BCUT2D eigenvalue weighted by molar-refractivity contribution is 0.0234. The van der Waals surface area contributed by atoms with E-state index in [1.807, 2.05) is 38.1 Å². The highest BCUT2D eigenvalue weighted by molar-refractivity contribution is 5.94. The van der Waals surface area contributed by atoms with Crippen molar-refractivity contribution in [3.8, 4) is 5.88 Å². The maximum absolute atomic E-state index is 12.7. The van der Waals surface area contributed by atoms with Gasteiger partial charge in [-0.1, -0.05) is 12.1 Å². The minimum Gasteiger partial charge on any atom is -0.481 e. The van der Waals surface area contributed by atoms with Gasteiger partial charge in [0.1, 0.15) is 0 Å². The molecule has 1 aromatic heterocycles. The number of hydrogen-bond acceptors (Lipinski definition) is 4. The van der Waals surface area contributed by atoms with Crippen LogP contribution in [0.25, 0.3) is 0 Å². The van der Waals surface area contributed by atoms with Crippen LogP contribution in [0.5, 0.6) is 5.88 Å². The molecule has 0 saturated heterocycles. The summed E-state index contributed by atoms with van der Waals surface area (Å²) in [5, 5.41) is 12.8. The third kappa shape index (κ3) is 3.82. The second kappa shape index (κ2) is 7.23. The van der Waals surface area contributed by atoms with Crippen molar-refractivity contribution < 1.29 is 14.6 Å². The van der Waals surface area contributed by atoms with Crippen molar-refractivity contribution in [2.75, 3.05) is 7.11 Å². The number of carbonyl (C=O) groups is 1. The number of ether oxygens (including phenoxy) is 1. The summed E-state index contributed by atoms with van der Waals surface area (Å²) in [6, 6.07) is 9.25. The van der Waals surface area contributed by atoms with Crippen molar-refractivity contribution in [3.63, 3.8) is 0 Å². The molecule has 0 aliphatic heterocycles. The van der Waals surface area contributed by atoms with Crippen LogP contribution in [0, 0.1) is 19.8 Å². The summed E-state index contributed by atoms with van der Waals surface area (Å²) in [7, 11) is 1.57. The summed E-state index contributed by atoms with van der Waals surface area (Å²) in [5.74, 6) is 0.641. The molecule has 1 aliphatic carbocycles. The molecule has 1 fully saturated rings. The minimum atomic E-state index is -0.280. The summed E-state index contributed by atoms with van der Waals surface area (Å²) in [4.78, 5) is 17.0. The van der Waals surface area contributed by atoms with Gasteiger partial charge in [0.2, 0.25) is 5.88 Å². The topological polar surface area (TPSA) is 71.5 Å². The molecule has 1 aliphatic rings. The SMILES string of the molecule is COc1ccc([C@@H](NC(=O)c2ccc(C)c(C)c2)C2CC(O)C2)cn1. The highest BCUT2D eigenvalue weighted by Crippen LogP contribution is 2.38. The van der Waals surface area contributed by atoms with Crippen LogP contribution in [-0.2, 0) is 0 Å². The van der Waals surface area contributed by atoms with Crippen molar-refractivity contribution >= 4 is 5.91 Å². The van der Waals surface area contributed by atoms with Gasteiger partial charge in [-0.05, 0) is 61.4 Å². The van der Waals surface area contributed by atoms with Gasteiger partial charge in [0.15, 0.2) is 0 Å². The van der Waals surface area contributed by atoms with Crippen LogP contribution in [0.2, 0.25) is 0 Å². The third-order valence-electron chi connectivity index (χ3n) is 5.00. The first-order valence-corrected chi connectivity index (χ1v) is 8.54. The first kappa shape index (κ1) is 17.4. The largest absolute Gasteiger partial charge is 0.481 e. The van der Waals surface area contributed by atoms with Crippen molar-refractivity contribution in [3.05, 3.63) is 58.8 Å². The van der Waals surface area contributed by atoms with E-state index in [0.717, 1.165) is 16.7 Å². The van der Waals surface area contributed by atoms with Gasteiger partial charge in [0.25, 0.3) is 5.91 Å². The lowest BCUT2D eigenvalue weighted by Gasteiger charge is -2.38. The molecule has 0 radical (unpaired) electrons. The van der Waals surface area contributed by atoms with Crippen LogP contribution in [0.4, 0.5) is 0 Å². The summed E-state index contributed by atoms with van der Waals surface area (Å²) in [6.45, 7) is 4.03. The highest BCUT2D eigenvalue weighted by Gasteiger charge is 2.36. The van der Waals surface area contributed by atoms with Crippen molar-refractivity contribution in [1.29, 1.82) is 0 Å². The maximum atomic E-state index is 12.7. The fraction of sp³-hybridized carbons (Fsp3) is 0.400. The quantitative estimate of drug-likeness (QED) is 0.878. The normalized spacial score (nSPS) is 20.5. The maximum Gasteiger partial charge on any atom is 0.251 e. The molecule has 0 spiro atoms. The summed E-state index contributed by atoms with van der Waals surface area (Å²) < 4.78 is 5.10. The third-order valence-corrected chi connectivity index (χ3v) is 5.00. The minimum absolute atomic E-state index is 0.106. The lowest BCUT2D eigenvalue weighted by atomic mass is 9.75. The molecule has 2 aromatic rings. The van der Waals surface area contributed by atoms with E-state index in [1.54, 1.807) is 19.4 Å². The molecule has 1 aromatic carbocycles. The molecule has 0 unspecified atom stereocenters. The van der Waals surface area contributed by atoms with Crippen LogP contribution < -0.4 is 10.1 Å². The van der Waals surface area contributed by atoms with Crippen LogP contribution in [0.1, 0.15) is 45.9 Å². The van der Waals surface area contributed by atoms with Crippen LogP contribution >= 0.6 is 0 Å². The van der Waals surface area contributed by atoms with E-state index in [0.29, 0.717) is 24.3 Å². The molecule has 1 atom stereocenters. The van der Waals surface area contributed by atoms with Gasteiger partial charge < -0.3 is 15.2 Å². The fourth-order valence-corrected chi connectivity index (χ4v) is 3.18. The Morgan fingerprint density at radius 2 is 2.00 bits per heavy atom. The molecule has 2 N–H and O–H groups in total. The van der Waals surface area contributed by atoms with Crippen LogP contribution in [-0.4, -0.2) is 29.2 Å². The Hall–Kier alpha value is -2.40. The van der Waals surface area contributed by atoms with Crippen molar-refractivity contribution in [2.24, 2.45) is 5.92 Å². The van der Waals surface area contributed by atoms with Gasteiger partial charge in [-0.15, -0.1) is 0 Å². The first-order chi connectivity index (χ1) is 12.0. The van der Waals surface area contributed by atoms with Crippen LogP contribution in [0.15, 0.2) is 36.5 Å². The number of pyridine rings is 1. The second-order valence-electron chi connectivity index (χ2n) is 6.77. The van der Waals surface area contributed by atoms with E-state index in [9.17, 15) is 9.90 Å². The Balaban J connectivity index is 1.81. The van der Waals surface area contributed by atoms with E-state index >= 15 is 0 Å². The number of nitrogens with zero attached hydrogens (tertiary/aromatic N) is 1. The van der Waals surface area contributed by atoms with E-state index in [-0.39, 0.29) is 24.0 Å². The number of benzene rings is 1. The molecule has 25 heavy (non-hydrogen) atoms. The smallest absolute Gasteiger partial charge is 0.251 e. The number of aromatic nitrogens is 1. The number of amides is 1. The molecule has 1 heterocycles. The Bertz CT molecular complexity index is 752. The molecular weight excluding hydrogens is 316 g/mol. The fourth-order valence-electron chi connectivity index (χ4n) is 3.18. The van der Waals surface area contributed by atoms with Gasteiger partial charge in [-0.3, -0.25) is 4.79 Å².